The molecule has 0 atom stereocenters. The van der Waals surface area contributed by atoms with Crippen LogP contribution in [0.4, 0.5) is 5.69 Å². The van der Waals surface area contributed by atoms with Crippen molar-refractivity contribution in [3.05, 3.63) is 45.1 Å². The number of ether oxygens (including phenoxy) is 1. The Hall–Kier alpha value is -1.86. The fraction of sp³-hybridized carbons (Fsp3) is 0.333. The first-order chi connectivity index (χ1) is 12.0. The highest BCUT2D eigenvalue weighted by atomic mass is 79.9. The van der Waals surface area contributed by atoms with E-state index >= 15 is 0 Å². The molecule has 1 aliphatic heterocycles. The summed E-state index contributed by atoms with van der Waals surface area (Å²) < 4.78 is 6.63. The van der Waals surface area contributed by atoms with Crippen molar-refractivity contribution in [2.45, 2.75) is 19.4 Å². The summed E-state index contributed by atoms with van der Waals surface area (Å²) in [6, 6.07) is 11.3. The molecule has 132 valence electrons. The molecule has 1 aromatic heterocycles. The first-order valence-electron chi connectivity index (χ1n) is 8.04. The van der Waals surface area contributed by atoms with Gasteiger partial charge in [-0.05, 0) is 58.7 Å². The number of thiophene rings is 1. The summed E-state index contributed by atoms with van der Waals surface area (Å²) in [6.07, 6.45) is 1.51. The summed E-state index contributed by atoms with van der Waals surface area (Å²) in [5.74, 6) is 0.699. The zero-order valence-corrected chi connectivity index (χ0v) is 16.3. The van der Waals surface area contributed by atoms with E-state index in [1.165, 1.54) is 0 Å². The molecule has 0 saturated carbocycles. The minimum Gasteiger partial charge on any atom is -0.484 e. The van der Waals surface area contributed by atoms with Gasteiger partial charge in [-0.25, -0.2) is 0 Å². The second-order valence-corrected chi connectivity index (χ2v) is 8.43. The number of likely N-dealkylation sites (N-methyl/N-ethyl adjacent to an activating group) is 1. The molecule has 5 nitrogen and oxygen atoms in total. The summed E-state index contributed by atoms with van der Waals surface area (Å²) in [5.41, 5.74) is 0.876. The summed E-state index contributed by atoms with van der Waals surface area (Å²) in [4.78, 5) is 28.5. The summed E-state index contributed by atoms with van der Waals surface area (Å²) in [6.45, 7) is 1.32. The van der Waals surface area contributed by atoms with Gasteiger partial charge in [0.05, 0.1) is 10.3 Å². The predicted molar refractivity (Wildman–Crippen MR) is 102 cm³/mol. The monoisotopic (exact) mass is 422 g/mol. The van der Waals surface area contributed by atoms with Gasteiger partial charge < -0.3 is 14.5 Å². The van der Waals surface area contributed by atoms with Gasteiger partial charge in [0, 0.05) is 30.6 Å². The second-order valence-electron chi connectivity index (χ2n) is 5.89. The Morgan fingerprint density at radius 2 is 2.04 bits per heavy atom. The van der Waals surface area contributed by atoms with Crippen LogP contribution in [0.25, 0.3) is 0 Å². The molecule has 0 bridgehead atoms. The SMILES string of the molecule is CN(Cc1ccc(Br)s1)C(=O)COc1ccc(N2CCCC2=O)cc1. The topological polar surface area (TPSA) is 49.9 Å². The highest BCUT2D eigenvalue weighted by Crippen LogP contribution is 2.24. The van der Waals surface area contributed by atoms with Gasteiger partial charge in [0.2, 0.25) is 5.91 Å². The molecule has 0 aliphatic carbocycles. The van der Waals surface area contributed by atoms with E-state index < -0.39 is 0 Å². The third-order valence-corrected chi connectivity index (χ3v) is 5.64. The van der Waals surface area contributed by atoms with Crippen LogP contribution in [-0.4, -0.2) is 36.9 Å². The Balaban J connectivity index is 1.50. The Morgan fingerprint density at radius 1 is 1.28 bits per heavy atom. The van der Waals surface area contributed by atoms with Crippen molar-refractivity contribution >= 4 is 44.8 Å². The van der Waals surface area contributed by atoms with Crippen LogP contribution in [0.2, 0.25) is 0 Å². The molecular weight excluding hydrogens is 404 g/mol. The zero-order valence-electron chi connectivity index (χ0n) is 13.9. The van der Waals surface area contributed by atoms with Crippen molar-refractivity contribution in [1.29, 1.82) is 0 Å². The smallest absolute Gasteiger partial charge is 0.260 e. The molecule has 0 unspecified atom stereocenters. The van der Waals surface area contributed by atoms with E-state index in [2.05, 4.69) is 15.9 Å². The van der Waals surface area contributed by atoms with Crippen LogP contribution >= 0.6 is 27.3 Å². The van der Waals surface area contributed by atoms with Crippen LogP contribution in [-0.2, 0) is 16.1 Å². The molecule has 3 rings (SSSR count). The van der Waals surface area contributed by atoms with E-state index in [0.717, 1.165) is 27.3 Å². The molecular formula is C18H19BrN2O3S. The van der Waals surface area contributed by atoms with E-state index in [9.17, 15) is 9.59 Å². The largest absolute Gasteiger partial charge is 0.484 e. The van der Waals surface area contributed by atoms with Gasteiger partial charge in [-0.2, -0.15) is 0 Å². The lowest BCUT2D eigenvalue weighted by molar-refractivity contribution is -0.132. The minimum absolute atomic E-state index is 0.00889. The van der Waals surface area contributed by atoms with E-state index in [1.54, 1.807) is 40.3 Å². The average Bonchev–Trinajstić information content (AvgIpc) is 3.21. The number of amides is 2. The third kappa shape index (κ3) is 4.61. The quantitative estimate of drug-likeness (QED) is 0.713. The van der Waals surface area contributed by atoms with Crippen molar-refractivity contribution in [3.8, 4) is 5.75 Å². The van der Waals surface area contributed by atoms with E-state index in [4.69, 9.17) is 4.74 Å². The lowest BCUT2D eigenvalue weighted by Gasteiger charge is -2.18. The predicted octanol–water partition coefficient (Wildman–Crippen LogP) is 3.67. The van der Waals surface area contributed by atoms with Gasteiger partial charge in [0.1, 0.15) is 5.75 Å². The van der Waals surface area contributed by atoms with Crippen molar-refractivity contribution in [2.24, 2.45) is 0 Å². The van der Waals surface area contributed by atoms with Gasteiger partial charge >= 0.3 is 0 Å². The molecule has 1 aromatic carbocycles. The Bertz CT molecular complexity index is 760. The van der Waals surface area contributed by atoms with Gasteiger partial charge in [-0.3, -0.25) is 9.59 Å². The fourth-order valence-corrected chi connectivity index (χ4v) is 4.19. The molecule has 0 radical (unpaired) electrons. The molecule has 0 spiro atoms. The van der Waals surface area contributed by atoms with Crippen molar-refractivity contribution in [1.82, 2.24) is 4.90 Å². The van der Waals surface area contributed by atoms with Crippen molar-refractivity contribution in [2.75, 3.05) is 25.1 Å². The minimum atomic E-state index is -0.0803. The number of hydrogen-bond donors (Lipinski definition) is 0. The van der Waals surface area contributed by atoms with Crippen LogP contribution in [0, 0.1) is 0 Å². The van der Waals surface area contributed by atoms with Crippen LogP contribution in [0.15, 0.2) is 40.2 Å². The lowest BCUT2D eigenvalue weighted by Crippen LogP contribution is -2.30. The van der Waals surface area contributed by atoms with Crippen LogP contribution in [0.5, 0.6) is 5.75 Å². The second kappa shape index (κ2) is 8.01. The van der Waals surface area contributed by atoms with Crippen molar-refractivity contribution < 1.29 is 14.3 Å². The molecule has 2 amide bonds. The van der Waals surface area contributed by atoms with Crippen LogP contribution < -0.4 is 9.64 Å². The number of anilines is 1. The Morgan fingerprint density at radius 3 is 2.64 bits per heavy atom. The molecule has 7 heteroatoms. The average molecular weight is 423 g/mol. The van der Waals surface area contributed by atoms with E-state index in [0.29, 0.717) is 18.7 Å². The molecule has 2 heterocycles. The summed E-state index contributed by atoms with van der Waals surface area (Å²) in [7, 11) is 1.77. The van der Waals surface area contributed by atoms with Crippen molar-refractivity contribution in [3.63, 3.8) is 0 Å². The highest BCUT2D eigenvalue weighted by Gasteiger charge is 2.21. The summed E-state index contributed by atoms with van der Waals surface area (Å²) in [5, 5.41) is 0. The Kier molecular flexibility index (Phi) is 5.75. The molecule has 2 aromatic rings. The van der Waals surface area contributed by atoms with Gasteiger partial charge in [-0.1, -0.05) is 0 Å². The first kappa shape index (κ1) is 17.9. The number of benzene rings is 1. The number of rotatable bonds is 6. The van der Waals surface area contributed by atoms with Gasteiger partial charge in [-0.15, -0.1) is 11.3 Å². The number of halogens is 1. The molecule has 1 fully saturated rings. The van der Waals surface area contributed by atoms with Crippen LogP contribution in [0.3, 0.4) is 0 Å². The van der Waals surface area contributed by atoms with E-state index in [1.807, 2.05) is 24.3 Å². The summed E-state index contributed by atoms with van der Waals surface area (Å²) >= 11 is 5.03. The maximum atomic E-state index is 12.2. The zero-order chi connectivity index (χ0) is 17.8. The first-order valence-corrected chi connectivity index (χ1v) is 9.65. The van der Waals surface area contributed by atoms with Gasteiger partial charge in [0.15, 0.2) is 6.61 Å². The normalized spacial score (nSPS) is 14.0. The lowest BCUT2D eigenvalue weighted by atomic mass is 10.3. The van der Waals surface area contributed by atoms with Crippen LogP contribution in [0.1, 0.15) is 17.7 Å². The van der Waals surface area contributed by atoms with E-state index in [-0.39, 0.29) is 18.4 Å². The number of carbonyl (C=O) groups excluding carboxylic acids is 2. The third-order valence-electron chi connectivity index (χ3n) is 4.03. The molecule has 1 saturated heterocycles. The Labute approximate surface area is 159 Å². The van der Waals surface area contributed by atoms with Gasteiger partial charge in [0.25, 0.3) is 5.91 Å². The molecule has 25 heavy (non-hydrogen) atoms. The fourth-order valence-electron chi connectivity index (χ4n) is 2.66. The molecule has 0 N–H and O–H groups in total. The maximum absolute atomic E-state index is 12.2. The molecule has 1 aliphatic rings. The standard InChI is InChI=1S/C18H19BrN2O3S/c1-20(11-15-8-9-16(19)25-15)18(23)12-24-14-6-4-13(5-7-14)21-10-2-3-17(21)22/h4-9H,2-3,10-12H2,1H3. The number of nitrogens with zero attached hydrogens (tertiary/aromatic N) is 2. The maximum Gasteiger partial charge on any atom is 0.260 e. The highest BCUT2D eigenvalue weighted by molar-refractivity contribution is 9.11. The number of hydrogen-bond acceptors (Lipinski definition) is 4. The number of carbonyl (C=O) groups is 2.